The predicted octanol–water partition coefficient (Wildman–Crippen LogP) is -0.0537. The number of aliphatic carboxylic acids is 1. The summed E-state index contributed by atoms with van der Waals surface area (Å²) in [5.74, 6) is -1.43. The Bertz CT molecular complexity index is 455. The van der Waals surface area contributed by atoms with E-state index in [1.807, 2.05) is 0 Å². The van der Waals surface area contributed by atoms with Crippen molar-refractivity contribution >= 4 is 11.9 Å². The number of rotatable bonds is 3. The second-order valence-corrected chi connectivity index (χ2v) is 4.97. The van der Waals surface area contributed by atoms with Gasteiger partial charge in [-0.2, -0.15) is 5.10 Å². The average Bonchev–Trinajstić information content (AvgIpc) is 2.99. The third-order valence-electron chi connectivity index (χ3n) is 3.34. The van der Waals surface area contributed by atoms with Crippen LogP contribution >= 0.6 is 0 Å². The SMILES string of the molecule is CC(C)(C(=O)N1CC[C@@H](C(=O)O)C1)n1cncn1. The van der Waals surface area contributed by atoms with Crippen LogP contribution in [-0.2, 0) is 15.1 Å². The van der Waals surface area contributed by atoms with Crippen LogP contribution in [0.4, 0.5) is 0 Å². The minimum atomic E-state index is -0.844. The smallest absolute Gasteiger partial charge is 0.308 e. The molecule has 0 bridgehead atoms. The van der Waals surface area contributed by atoms with Crippen molar-refractivity contribution in [2.45, 2.75) is 25.8 Å². The largest absolute Gasteiger partial charge is 0.481 e. The Balaban J connectivity index is 2.11. The van der Waals surface area contributed by atoms with Crippen LogP contribution in [0.1, 0.15) is 20.3 Å². The highest BCUT2D eigenvalue weighted by molar-refractivity contribution is 5.84. The quantitative estimate of drug-likeness (QED) is 0.814. The van der Waals surface area contributed by atoms with E-state index >= 15 is 0 Å². The molecule has 0 radical (unpaired) electrons. The molecular formula is C11H16N4O3. The molecule has 1 aromatic heterocycles. The van der Waals surface area contributed by atoms with Crippen LogP contribution in [-0.4, -0.2) is 49.7 Å². The standard InChI is InChI=1S/C11H16N4O3/c1-11(2,15-7-12-6-13-15)10(18)14-4-3-8(5-14)9(16)17/h6-8H,3-5H2,1-2H3,(H,16,17)/t8-/m1/s1. The maximum absolute atomic E-state index is 12.4. The molecule has 0 saturated carbocycles. The molecule has 1 aliphatic heterocycles. The van der Waals surface area contributed by atoms with E-state index in [0.29, 0.717) is 13.0 Å². The van der Waals surface area contributed by atoms with Crippen LogP contribution in [0.5, 0.6) is 0 Å². The van der Waals surface area contributed by atoms with E-state index in [1.165, 1.54) is 17.3 Å². The van der Waals surface area contributed by atoms with Gasteiger partial charge in [0, 0.05) is 13.1 Å². The molecule has 0 aromatic carbocycles. The lowest BCUT2D eigenvalue weighted by Crippen LogP contribution is -2.46. The average molecular weight is 252 g/mol. The summed E-state index contributed by atoms with van der Waals surface area (Å²) in [7, 11) is 0. The number of likely N-dealkylation sites (tertiary alicyclic amines) is 1. The number of carboxylic acid groups (broad SMARTS) is 1. The zero-order chi connectivity index (χ0) is 13.3. The Morgan fingerprint density at radius 1 is 1.44 bits per heavy atom. The maximum Gasteiger partial charge on any atom is 0.308 e. The zero-order valence-corrected chi connectivity index (χ0v) is 10.4. The fourth-order valence-electron chi connectivity index (χ4n) is 2.13. The van der Waals surface area contributed by atoms with Crippen LogP contribution in [0.3, 0.4) is 0 Å². The Kier molecular flexibility index (Phi) is 3.06. The molecule has 0 unspecified atom stereocenters. The molecule has 0 aliphatic carbocycles. The van der Waals surface area contributed by atoms with Crippen LogP contribution < -0.4 is 0 Å². The summed E-state index contributed by atoms with van der Waals surface area (Å²) in [6, 6.07) is 0. The van der Waals surface area contributed by atoms with Crippen LogP contribution in [0, 0.1) is 5.92 Å². The zero-order valence-electron chi connectivity index (χ0n) is 10.4. The van der Waals surface area contributed by atoms with Gasteiger partial charge in [-0.1, -0.05) is 0 Å². The molecule has 7 heteroatoms. The van der Waals surface area contributed by atoms with E-state index in [0.717, 1.165) is 0 Å². The highest BCUT2D eigenvalue weighted by Gasteiger charge is 2.39. The van der Waals surface area contributed by atoms with Gasteiger partial charge in [0.05, 0.1) is 5.92 Å². The summed E-state index contributed by atoms with van der Waals surface area (Å²) < 4.78 is 1.49. The predicted molar refractivity (Wildman–Crippen MR) is 61.7 cm³/mol. The Morgan fingerprint density at radius 2 is 2.17 bits per heavy atom. The first kappa shape index (κ1) is 12.5. The molecule has 1 N–H and O–H groups in total. The van der Waals surface area contributed by atoms with Crippen molar-refractivity contribution in [2.75, 3.05) is 13.1 Å². The number of hydrogen-bond donors (Lipinski definition) is 1. The molecule has 1 saturated heterocycles. The third-order valence-corrected chi connectivity index (χ3v) is 3.34. The van der Waals surface area contributed by atoms with E-state index < -0.39 is 17.4 Å². The van der Waals surface area contributed by atoms with E-state index in [-0.39, 0.29) is 12.5 Å². The highest BCUT2D eigenvalue weighted by Crippen LogP contribution is 2.23. The first-order valence-electron chi connectivity index (χ1n) is 5.80. The topological polar surface area (TPSA) is 88.3 Å². The number of amides is 1. The second kappa shape index (κ2) is 4.40. The van der Waals surface area contributed by atoms with E-state index in [4.69, 9.17) is 5.11 Å². The molecule has 7 nitrogen and oxygen atoms in total. The Hall–Kier alpha value is -1.92. The molecule has 18 heavy (non-hydrogen) atoms. The summed E-state index contributed by atoms with van der Waals surface area (Å²) in [6.07, 6.45) is 3.37. The molecule has 1 fully saturated rings. The lowest BCUT2D eigenvalue weighted by molar-refractivity contribution is -0.142. The Labute approximate surface area is 104 Å². The van der Waals surface area contributed by atoms with Gasteiger partial charge in [0.15, 0.2) is 0 Å². The fourth-order valence-corrected chi connectivity index (χ4v) is 2.13. The fraction of sp³-hybridized carbons (Fsp3) is 0.636. The first-order chi connectivity index (χ1) is 8.43. The third kappa shape index (κ3) is 2.07. The van der Waals surface area contributed by atoms with E-state index in [1.54, 1.807) is 18.7 Å². The molecule has 1 amide bonds. The van der Waals surface area contributed by atoms with E-state index in [9.17, 15) is 9.59 Å². The van der Waals surface area contributed by atoms with Crippen LogP contribution in [0.2, 0.25) is 0 Å². The molecule has 98 valence electrons. The van der Waals surface area contributed by atoms with Gasteiger partial charge in [-0.15, -0.1) is 0 Å². The molecular weight excluding hydrogens is 236 g/mol. The monoisotopic (exact) mass is 252 g/mol. The molecule has 1 aliphatic rings. The van der Waals surface area contributed by atoms with Gasteiger partial charge < -0.3 is 10.0 Å². The summed E-state index contributed by atoms with van der Waals surface area (Å²) in [5, 5.41) is 12.9. The number of aromatic nitrogens is 3. The number of nitrogens with zero attached hydrogens (tertiary/aromatic N) is 4. The van der Waals surface area contributed by atoms with Crippen molar-refractivity contribution in [2.24, 2.45) is 5.92 Å². The van der Waals surface area contributed by atoms with Crippen LogP contribution in [0.25, 0.3) is 0 Å². The highest BCUT2D eigenvalue weighted by atomic mass is 16.4. The van der Waals surface area contributed by atoms with Crippen LogP contribution in [0.15, 0.2) is 12.7 Å². The summed E-state index contributed by atoms with van der Waals surface area (Å²) in [5.41, 5.74) is -0.843. The van der Waals surface area contributed by atoms with Gasteiger partial charge in [0.2, 0.25) is 5.91 Å². The number of hydrogen-bond acceptors (Lipinski definition) is 4. The lowest BCUT2D eigenvalue weighted by atomic mass is 10.0. The minimum Gasteiger partial charge on any atom is -0.481 e. The second-order valence-electron chi connectivity index (χ2n) is 4.97. The van der Waals surface area contributed by atoms with Crippen molar-refractivity contribution in [3.8, 4) is 0 Å². The van der Waals surface area contributed by atoms with Crippen molar-refractivity contribution in [3.63, 3.8) is 0 Å². The van der Waals surface area contributed by atoms with Crippen molar-refractivity contribution in [1.29, 1.82) is 0 Å². The number of carboxylic acids is 1. The molecule has 2 rings (SSSR count). The first-order valence-corrected chi connectivity index (χ1v) is 5.80. The summed E-state index contributed by atoms with van der Waals surface area (Å²) >= 11 is 0. The lowest BCUT2D eigenvalue weighted by Gasteiger charge is -2.29. The number of carbonyl (C=O) groups excluding carboxylic acids is 1. The van der Waals surface area contributed by atoms with Gasteiger partial charge >= 0.3 is 5.97 Å². The van der Waals surface area contributed by atoms with Crippen molar-refractivity contribution in [3.05, 3.63) is 12.7 Å². The van der Waals surface area contributed by atoms with Gasteiger partial charge in [-0.3, -0.25) is 9.59 Å². The minimum absolute atomic E-state index is 0.128. The summed E-state index contributed by atoms with van der Waals surface area (Å²) in [6.45, 7) is 4.25. The number of carbonyl (C=O) groups is 2. The summed E-state index contributed by atoms with van der Waals surface area (Å²) in [4.78, 5) is 28.7. The maximum atomic E-state index is 12.4. The van der Waals surface area contributed by atoms with Gasteiger partial charge in [-0.25, -0.2) is 9.67 Å². The Morgan fingerprint density at radius 3 is 2.67 bits per heavy atom. The molecule has 1 atom stereocenters. The van der Waals surface area contributed by atoms with E-state index in [2.05, 4.69) is 10.1 Å². The van der Waals surface area contributed by atoms with Gasteiger partial charge in [0.25, 0.3) is 0 Å². The van der Waals surface area contributed by atoms with Gasteiger partial charge in [0.1, 0.15) is 18.2 Å². The van der Waals surface area contributed by atoms with Crippen molar-refractivity contribution in [1.82, 2.24) is 19.7 Å². The molecule has 1 aromatic rings. The van der Waals surface area contributed by atoms with Crippen molar-refractivity contribution < 1.29 is 14.7 Å². The molecule has 2 heterocycles. The normalized spacial score (nSPS) is 20.1. The van der Waals surface area contributed by atoms with Gasteiger partial charge in [-0.05, 0) is 20.3 Å². The molecule has 0 spiro atoms.